The molecule has 0 aliphatic carbocycles. The highest BCUT2D eigenvalue weighted by atomic mass is 35.5. The molecule has 0 amide bonds. The molecule has 1 aromatic carbocycles. The van der Waals surface area contributed by atoms with Crippen molar-refractivity contribution in [3.8, 4) is 0 Å². The third-order valence-electron chi connectivity index (χ3n) is 4.61. The van der Waals surface area contributed by atoms with E-state index in [1.807, 2.05) is 6.92 Å². The van der Waals surface area contributed by atoms with Crippen molar-refractivity contribution in [1.29, 1.82) is 0 Å². The monoisotopic (exact) mass is 344 g/mol. The standard InChI is InChI=1S/C17H17ClN4O2/c1-10-16(21-24-20-10)14-6-3-7-22(14)9-11-8-15(23)12-4-2-5-13(18)17(12)19-11/h2,4-5,8,14H,3,6-7,9H2,1H3,(H,19,23)/t14-/m1/s1. The third-order valence-corrected chi connectivity index (χ3v) is 4.93. The predicted octanol–water partition coefficient (Wildman–Crippen LogP) is 3.21. The fourth-order valence-electron chi connectivity index (χ4n) is 3.46. The van der Waals surface area contributed by atoms with Crippen molar-refractivity contribution in [2.75, 3.05) is 6.54 Å². The number of likely N-dealkylation sites (tertiary alicyclic amines) is 1. The first-order chi connectivity index (χ1) is 11.6. The van der Waals surface area contributed by atoms with Crippen LogP contribution < -0.4 is 5.43 Å². The van der Waals surface area contributed by atoms with E-state index in [4.69, 9.17) is 16.2 Å². The Labute approximate surface area is 143 Å². The van der Waals surface area contributed by atoms with Crippen LogP contribution in [-0.2, 0) is 6.54 Å². The van der Waals surface area contributed by atoms with E-state index in [-0.39, 0.29) is 11.5 Å². The van der Waals surface area contributed by atoms with Gasteiger partial charge >= 0.3 is 0 Å². The van der Waals surface area contributed by atoms with Crippen LogP contribution in [0, 0.1) is 6.92 Å². The summed E-state index contributed by atoms with van der Waals surface area (Å²) in [6, 6.07) is 7.18. The number of nitrogens with zero attached hydrogens (tertiary/aromatic N) is 3. The van der Waals surface area contributed by atoms with E-state index in [1.54, 1.807) is 24.3 Å². The number of halogens is 1. The van der Waals surface area contributed by atoms with Crippen molar-refractivity contribution in [3.05, 3.63) is 56.6 Å². The molecule has 1 fully saturated rings. The number of H-pyrrole nitrogens is 1. The lowest BCUT2D eigenvalue weighted by Gasteiger charge is -2.22. The van der Waals surface area contributed by atoms with Gasteiger partial charge in [0.05, 0.1) is 16.6 Å². The Morgan fingerprint density at radius 2 is 2.29 bits per heavy atom. The molecule has 1 saturated heterocycles. The van der Waals surface area contributed by atoms with E-state index in [1.165, 1.54) is 0 Å². The largest absolute Gasteiger partial charge is 0.356 e. The molecule has 1 aliphatic heterocycles. The summed E-state index contributed by atoms with van der Waals surface area (Å²) in [6.07, 6.45) is 2.09. The molecule has 24 heavy (non-hydrogen) atoms. The van der Waals surface area contributed by atoms with Gasteiger partial charge in [0.25, 0.3) is 0 Å². The number of aryl methyl sites for hydroxylation is 1. The zero-order valence-corrected chi connectivity index (χ0v) is 14.0. The van der Waals surface area contributed by atoms with Crippen molar-refractivity contribution in [1.82, 2.24) is 20.2 Å². The van der Waals surface area contributed by atoms with Gasteiger partial charge in [-0.3, -0.25) is 9.69 Å². The van der Waals surface area contributed by atoms with Gasteiger partial charge in [-0.1, -0.05) is 28.0 Å². The molecule has 0 spiro atoms. The minimum absolute atomic E-state index is 0.0173. The molecule has 1 aliphatic rings. The number of benzene rings is 1. The number of pyridine rings is 1. The lowest BCUT2D eigenvalue weighted by Crippen LogP contribution is -2.25. The van der Waals surface area contributed by atoms with Crippen LogP contribution in [-0.4, -0.2) is 26.7 Å². The molecule has 1 atom stereocenters. The molecule has 0 unspecified atom stereocenters. The molecule has 4 rings (SSSR count). The average molecular weight is 345 g/mol. The number of aromatic amines is 1. The van der Waals surface area contributed by atoms with Crippen LogP contribution in [0.2, 0.25) is 5.02 Å². The Bertz CT molecular complexity index is 949. The summed E-state index contributed by atoms with van der Waals surface area (Å²) in [5, 5.41) is 9.10. The van der Waals surface area contributed by atoms with E-state index in [0.29, 0.717) is 22.5 Å². The Morgan fingerprint density at radius 1 is 1.42 bits per heavy atom. The number of hydrogen-bond donors (Lipinski definition) is 1. The smallest absolute Gasteiger partial charge is 0.189 e. The summed E-state index contributed by atoms with van der Waals surface area (Å²) in [5.74, 6) is 0. The van der Waals surface area contributed by atoms with Gasteiger partial charge in [0.15, 0.2) is 5.43 Å². The quantitative estimate of drug-likeness (QED) is 0.789. The van der Waals surface area contributed by atoms with Crippen molar-refractivity contribution >= 4 is 22.5 Å². The summed E-state index contributed by atoms with van der Waals surface area (Å²) in [6.45, 7) is 3.48. The van der Waals surface area contributed by atoms with Crippen molar-refractivity contribution in [3.63, 3.8) is 0 Å². The zero-order valence-electron chi connectivity index (χ0n) is 13.3. The summed E-state index contributed by atoms with van der Waals surface area (Å²) >= 11 is 6.23. The van der Waals surface area contributed by atoms with Crippen molar-refractivity contribution in [2.45, 2.75) is 32.4 Å². The normalized spacial score (nSPS) is 18.5. The molecule has 3 heterocycles. The van der Waals surface area contributed by atoms with Crippen molar-refractivity contribution in [2.24, 2.45) is 0 Å². The first-order valence-electron chi connectivity index (χ1n) is 7.97. The van der Waals surface area contributed by atoms with E-state index in [2.05, 4.69) is 20.2 Å². The molecule has 0 saturated carbocycles. The number of fused-ring (bicyclic) bond motifs is 1. The van der Waals surface area contributed by atoms with Crippen LogP contribution in [0.4, 0.5) is 0 Å². The van der Waals surface area contributed by atoms with E-state index in [9.17, 15) is 4.79 Å². The Hall–Kier alpha value is -2.18. The highest BCUT2D eigenvalue weighted by Gasteiger charge is 2.30. The van der Waals surface area contributed by atoms with Crippen LogP contribution in [0.5, 0.6) is 0 Å². The molecule has 7 heteroatoms. The number of nitrogens with one attached hydrogen (secondary N) is 1. The molecule has 124 valence electrons. The van der Waals surface area contributed by atoms with Crippen molar-refractivity contribution < 1.29 is 4.63 Å². The second-order valence-electron chi connectivity index (χ2n) is 6.18. The van der Waals surface area contributed by atoms with Crippen LogP contribution >= 0.6 is 11.6 Å². The molecular formula is C17H17ClN4O2. The maximum atomic E-state index is 12.4. The molecule has 0 radical (unpaired) electrons. The second-order valence-corrected chi connectivity index (χ2v) is 6.59. The first kappa shape index (κ1) is 15.4. The van der Waals surface area contributed by atoms with Gasteiger partial charge in [-0.05, 0) is 38.4 Å². The predicted molar refractivity (Wildman–Crippen MR) is 91.0 cm³/mol. The minimum Gasteiger partial charge on any atom is -0.356 e. The summed E-state index contributed by atoms with van der Waals surface area (Å²) in [4.78, 5) is 18.0. The summed E-state index contributed by atoms with van der Waals surface area (Å²) in [5.41, 5.74) is 3.23. The van der Waals surface area contributed by atoms with Gasteiger partial charge in [0, 0.05) is 23.7 Å². The van der Waals surface area contributed by atoms with Gasteiger partial charge in [0.1, 0.15) is 11.4 Å². The molecule has 0 bridgehead atoms. The topological polar surface area (TPSA) is 75.0 Å². The van der Waals surface area contributed by atoms with Crippen LogP contribution in [0.1, 0.15) is 36.0 Å². The molecule has 6 nitrogen and oxygen atoms in total. The Morgan fingerprint density at radius 3 is 3.08 bits per heavy atom. The van der Waals surface area contributed by atoms with Crippen LogP contribution in [0.15, 0.2) is 33.7 Å². The van der Waals surface area contributed by atoms with Gasteiger partial charge < -0.3 is 4.98 Å². The summed E-state index contributed by atoms with van der Waals surface area (Å²) < 4.78 is 4.85. The van der Waals surface area contributed by atoms with Gasteiger partial charge in [-0.15, -0.1) is 0 Å². The zero-order chi connectivity index (χ0) is 16.7. The Kier molecular flexibility index (Phi) is 3.86. The minimum atomic E-state index is -0.0173. The SMILES string of the molecule is Cc1nonc1[C@H]1CCCN1Cc1cc(=O)c2cccc(Cl)c2[nH]1. The van der Waals surface area contributed by atoms with Gasteiger partial charge in [-0.2, -0.15) is 0 Å². The molecule has 3 aromatic rings. The fraction of sp³-hybridized carbons (Fsp3) is 0.353. The van der Waals surface area contributed by atoms with E-state index in [0.717, 1.165) is 36.5 Å². The third kappa shape index (κ3) is 2.61. The lowest BCUT2D eigenvalue weighted by atomic mass is 10.1. The highest BCUT2D eigenvalue weighted by Crippen LogP contribution is 2.33. The second kappa shape index (κ2) is 6.03. The number of aromatic nitrogens is 3. The number of para-hydroxylation sites is 1. The van der Waals surface area contributed by atoms with E-state index < -0.39 is 0 Å². The maximum Gasteiger partial charge on any atom is 0.189 e. The molecule has 1 N–H and O–H groups in total. The molecular weight excluding hydrogens is 328 g/mol. The Balaban J connectivity index is 1.68. The van der Waals surface area contributed by atoms with Gasteiger partial charge in [-0.25, -0.2) is 4.63 Å². The summed E-state index contributed by atoms with van der Waals surface area (Å²) in [7, 11) is 0. The number of rotatable bonds is 3. The maximum absolute atomic E-state index is 12.4. The fourth-order valence-corrected chi connectivity index (χ4v) is 3.68. The number of hydrogen-bond acceptors (Lipinski definition) is 5. The average Bonchev–Trinajstić information content (AvgIpc) is 3.17. The highest BCUT2D eigenvalue weighted by molar-refractivity contribution is 6.35. The molecule has 2 aromatic heterocycles. The van der Waals surface area contributed by atoms with Crippen LogP contribution in [0.25, 0.3) is 10.9 Å². The lowest BCUT2D eigenvalue weighted by molar-refractivity contribution is 0.229. The van der Waals surface area contributed by atoms with Gasteiger partial charge in [0.2, 0.25) is 0 Å². The first-order valence-corrected chi connectivity index (χ1v) is 8.35. The van der Waals surface area contributed by atoms with Crippen LogP contribution in [0.3, 0.4) is 0 Å². The van der Waals surface area contributed by atoms with E-state index >= 15 is 0 Å².